The molecule has 0 atom stereocenters. The van der Waals surface area contributed by atoms with E-state index in [1.165, 1.54) is 0 Å². The number of carbonyl (C=O) groups is 1. The van der Waals surface area contributed by atoms with Crippen molar-refractivity contribution < 1.29 is 9.53 Å². The molecule has 1 aromatic rings. The zero-order valence-electron chi connectivity index (χ0n) is 12.3. The molecule has 1 aromatic carbocycles. The molecule has 0 fully saturated rings. The number of allylic oxidation sites excluding steroid dienone is 2. The van der Waals surface area contributed by atoms with Gasteiger partial charge in [0.2, 0.25) is 0 Å². The van der Waals surface area contributed by atoms with Crippen molar-refractivity contribution >= 4 is 5.91 Å². The fourth-order valence-corrected chi connectivity index (χ4v) is 1.64. The minimum atomic E-state index is -0.162. The maximum atomic E-state index is 12.1. The third-order valence-electron chi connectivity index (χ3n) is 2.80. The van der Waals surface area contributed by atoms with E-state index in [0.717, 1.165) is 17.7 Å². The number of benzene rings is 1. The summed E-state index contributed by atoms with van der Waals surface area (Å²) in [4.78, 5) is 12.1. The first-order valence-electron chi connectivity index (χ1n) is 6.62. The van der Waals surface area contributed by atoms with Gasteiger partial charge in [0.1, 0.15) is 5.75 Å². The van der Waals surface area contributed by atoms with Crippen LogP contribution >= 0.6 is 0 Å². The van der Waals surface area contributed by atoms with E-state index in [-0.39, 0.29) is 5.91 Å². The predicted molar refractivity (Wildman–Crippen MR) is 81.2 cm³/mol. The van der Waals surface area contributed by atoms with Crippen molar-refractivity contribution in [2.75, 3.05) is 7.11 Å². The molecule has 20 heavy (non-hydrogen) atoms. The smallest absolute Gasteiger partial charge is 0.253 e. The molecule has 3 N–H and O–H groups in total. The molecule has 4 heteroatoms. The molecule has 0 spiro atoms. The molecule has 0 bridgehead atoms. The monoisotopic (exact) mass is 274 g/mol. The highest BCUT2D eigenvalue weighted by molar-refractivity contribution is 5.96. The molecule has 4 nitrogen and oxygen atoms in total. The van der Waals surface area contributed by atoms with Gasteiger partial charge in [-0.05, 0) is 31.0 Å². The van der Waals surface area contributed by atoms with Crippen LogP contribution in [0, 0.1) is 0 Å². The van der Waals surface area contributed by atoms with Crippen LogP contribution in [0.4, 0.5) is 0 Å². The lowest BCUT2D eigenvalue weighted by atomic mass is 10.1. The average Bonchev–Trinajstić information content (AvgIpc) is 2.45. The predicted octanol–water partition coefficient (Wildman–Crippen LogP) is 2.51. The minimum Gasteiger partial charge on any atom is -0.497 e. The Labute approximate surface area is 120 Å². The van der Waals surface area contributed by atoms with Gasteiger partial charge in [0.15, 0.2) is 0 Å². The highest BCUT2D eigenvalue weighted by Gasteiger charge is 2.08. The molecule has 0 aliphatic rings. The van der Waals surface area contributed by atoms with Crippen molar-refractivity contribution in [2.24, 2.45) is 5.73 Å². The van der Waals surface area contributed by atoms with E-state index in [9.17, 15) is 4.79 Å². The molecule has 0 heterocycles. The molecular weight excluding hydrogens is 252 g/mol. The van der Waals surface area contributed by atoms with Crippen molar-refractivity contribution in [3.63, 3.8) is 0 Å². The highest BCUT2D eigenvalue weighted by atomic mass is 16.5. The summed E-state index contributed by atoms with van der Waals surface area (Å²) < 4.78 is 5.09. The summed E-state index contributed by atoms with van der Waals surface area (Å²) in [5.41, 5.74) is 7.77. The van der Waals surface area contributed by atoms with Crippen molar-refractivity contribution in [1.29, 1.82) is 0 Å². The Morgan fingerprint density at radius 2 is 2.00 bits per heavy atom. The van der Waals surface area contributed by atoms with Crippen LogP contribution in [0.25, 0.3) is 0 Å². The summed E-state index contributed by atoms with van der Waals surface area (Å²) >= 11 is 0. The van der Waals surface area contributed by atoms with Gasteiger partial charge in [0, 0.05) is 12.2 Å². The lowest BCUT2D eigenvalue weighted by Gasteiger charge is -2.08. The Kier molecular flexibility index (Phi) is 6.37. The van der Waals surface area contributed by atoms with Crippen LogP contribution in [0.1, 0.15) is 25.8 Å². The molecule has 0 saturated heterocycles. The Hall–Kier alpha value is -2.23. The van der Waals surface area contributed by atoms with Crippen LogP contribution in [-0.2, 0) is 11.3 Å². The second kappa shape index (κ2) is 8.04. The van der Waals surface area contributed by atoms with E-state index in [1.54, 1.807) is 20.1 Å². The summed E-state index contributed by atoms with van der Waals surface area (Å²) in [5, 5.41) is 2.86. The van der Waals surface area contributed by atoms with Gasteiger partial charge in [-0.3, -0.25) is 4.79 Å². The van der Waals surface area contributed by atoms with E-state index >= 15 is 0 Å². The van der Waals surface area contributed by atoms with Crippen molar-refractivity contribution in [1.82, 2.24) is 5.32 Å². The summed E-state index contributed by atoms with van der Waals surface area (Å²) in [5.74, 6) is 0.634. The lowest BCUT2D eigenvalue weighted by molar-refractivity contribution is -0.117. The quantitative estimate of drug-likeness (QED) is 0.619. The Morgan fingerprint density at radius 1 is 1.35 bits per heavy atom. The molecule has 1 rings (SSSR count). The van der Waals surface area contributed by atoms with Gasteiger partial charge in [-0.1, -0.05) is 31.2 Å². The zero-order valence-corrected chi connectivity index (χ0v) is 12.3. The first-order valence-corrected chi connectivity index (χ1v) is 6.62. The van der Waals surface area contributed by atoms with Gasteiger partial charge in [-0.25, -0.2) is 0 Å². The van der Waals surface area contributed by atoms with Crippen molar-refractivity contribution in [2.45, 2.75) is 26.8 Å². The Morgan fingerprint density at radius 3 is 2.50 bits per heavy atom. The molecule has 0 unspecified atom stereocenters. The van der Waals surface area contributed by atoms with Crippen LogP contribution < -0.4 is 15.8 Å². The maximum absolute atomic E-state index is 12.1. The first kappa shape index (κ1) is 15.8. The molecule has 0 radical (unpaired) electrons. The number of carbonyl (C=O) groups excluding carboxylic acids is 1. The van der Waals surface area contributed by atoms with E-state index in [0.29, 0.717) is 17.8 Å². The van der Waals surface area contributed by atoms with Crippen LogP contribution in [0.5, 0.6) is 5.75 Å². The average molecular weight is 274 g/mol. The highest BCUT2D eigenvalue weighted by Crippen LogP contribution is 2.11. The van der Waals surface area contributed by atoms with Gasteiger partial charge in [0.25, 0.3) is 5.91 Å². The zero-order chi connectivity index (χ0) is 15.0. The number of rotatable bonds is 6. The second-order valence-corrected chi connectivity index (χ2v) is 4.44. The maximum Gasteiger partial charge on any atom is 0.253 e. The number of methoxy groups -OCH3 is 1. The number of amides is 1. The fraction of sp³-hybridized carbons (Fsp3) is 0.312. The van der Waals surface area contributed by atoms with Crippen LogP contribution in [0.2, 0.25) is 0 Å². The Bertz CT molecular complexity index is 498. The minimum absolute atomic E-state index is 0.162. The standard InChI is InChI=1S/C16H22N2O2/c1-4-5-6-15(12(2)17)16(19)18-11-13-7-9-14(20-3)10-8-13/h5-10H,4,11,17H2,1-3H3,(H,18,19)/b6-5-,15-12-. The summed E-state index contributed by atoms with van der Waals surface area (Å²) in [6.07, 6.45) is 4.54. The van der Waals surface area contributed by atoms with Crippen LogP contribution in [-0.4, -0.2) is 13.0 Å². The van der Waals surface area contributed by atoms with Gasteiger partial charge < -0.3 is 15.8 Å². The number of nitrogens with one attached hydrogen (secondary N) is 1. The number of nitrogens with two attached hydrogens (primary N) is 1. The van der Waals surface area contributed by atoms with Gasteiger partial charge in [-0.2, -0.15) is 0 Å². The SMILES string of the molecule is CC/C=C\C(C(=O)NCc1ccc(OC)cc1)=C(/C)N. The number of hydrogen-bond donors (Lipinski definition) is 2. The molecular formula is C16H22N2O2. The molecule has 0 aliphatic heterocycles. The molecule has 0 aromatic heterocycles. The third-order valence-corrected chi connectivity index (χ3v) is 2.80. The summed E-state index contributed by atoms with van der Waals surface area (Å²) in [6.45, 7) is 4.19. The van der Waals surface area contributed by atoms with Crippen molar-refractivity contribution in [3.05, 3.63) is 53.3 Å². The second-order valence-electron chi connectivity index (χ2n) is 4.44. The van der Waals surface area contributed by atoms with Gasteiger partial charge >= 0.3 is 0 Å². The first-order chi connectivity index (χ1) is 9.58. The van der Waals surface area contributed by atoms with E-state index in [2.05, 4.69) is 5.32 Å². The molecule has 0 aliphatic carbocycles. The molecule has 1 amide bonds. The lowest BCUT2D eigenvalue weighted by Crippen LogP contribution is -2.25. The fourth-order valence-electron chi connectivity index (χ4n) is 1.64. The van der Waals surface area contributed by atoms with E-state index < -0.39 is 0 Å². The van der Waals surface area contributed by atoms with Gasteiger partial charge in [0.05, 0.1) is 12.7 Å². The molecule has 0 saturated carbocycles. The largest absolute Gasteiger partial charge is 0.497 e. The summed E-state index contributed by atoms with van der Waals surface area (Å²) in [6, 6.07) is 7.56. The number of hydrogen-bond acceptors (Lipinski definition) is 3. The van der Waals surface area contributed by atoms with Crippen LogP contribution in [0.3, 0.4) is 0 Å². The normalized spacial score (nSPS) is 12.2. The van der Waals surface area contributed by atoms with Crippen LogP contribution in [0.15, 0.2) is 47.7 Å². The molecule has 108 valence electrons. The topological polar surface area (TPSA) is 64.3 Å². The number of ether oxygens (including phenoxy) is 1. The van der Waals surface area contributed by atoms with Gasteiger partial charge in [-0.15, -0.1) is 0 Å². The third kappa shape index (κ3) is 4.80. The Balaban J connectivity index is 2.65. The van der Waals surface area contributed by atoms with E-state index in [4.69, 9.17) is 10.5 Å². The summed E-state index contributed by atoms with van der Waals surface area (Å²) in [7, 11) is 1.62. The van der Waals surface area contributed by atoms with E-state index in [1.807, 2.05) is 37.3 Å². The van der Waals surface area contributed by atoms with Crippen molar-refractivity contribution in [3.8, 4) is 5.75 Å².